The lowest BCUT2D eigenvalue weighted by Crippen LogP contribution is -2.81. The molecule has 0 amide bonds. The maximum atomic E-state index is 15.4. The SMILES string of the molecule is CC[C@]12C=CCN3CC[C@@]4(c5cc([C@@]6(C(=O)OC)C[C@H]7C[C@@H](C(C)(F)F)CN(CCc8c6[nH]c6ccc(C#N)cc86)C7)c(OC)cc5N(C)[C@H]4[C@@](O)(C(=O)OC)[C@@H]1OC(C)=O)[C@@H]32. The summed E-state index contributed by atoms with van der Waals surface area (Å²) in [6.07, 6.45) is 4.22. The van der Waals surface area contributed by atoms with Crippen LogP contribution in [0.15, 0.2) is 42.5 Å². The van der Waals surface area contributed by atoms with Crippen LogP contribution in [-0.2, 0) is 45.8 Å². The van der Waals surface area contributed by atoms with Gasteiger partial charge >= 0.3 is 17.9 Å². The lowest BCUT2D eigenvalue weighted by atomic mass is 9.47. The Bertz CT molecular complexity index is 2440. The molecule has 2 N–H and O–H groups in total. The molecule has 1 aliphatic carbocycles. The Kier molecular flexibility index (Phi) is 9.89. The summed E-state index contributed by atoms with van der Waals surface area (Å²) in [7, 11) is 5.86. The van der Waals surface area contributed by atoms with Crippen LogP contribution in [0.2, 0.25) is 0 Å². The molecule has 0 radical (unpaired) electrons. The Morgan fingerprint density at radius 3 is 2.47 bits per heavy atom. The van der Waals surface area contributed by atoms with Gasteiger partial charge in [-0.2, -0.15) is 5.26 Å². The number of carbonyl (C=O) groups is 3. The third-order valence-corrected chi connectivity index (χ3v) is 15.8. The number of halogens is 2. The van der Waals surface area contributed by atoms with E-state index in [0.717, 1.165) is 23.4 Å². The van der Waals surface area contributed by atoms with Gasteiger partial charge in [0.05, 0.1) is 39.0 Å². The number of hydrogen-bond acceptors (Lipinski definition) is 12. The normalized spacial score (nSPS) is 34.7. The summed E-state index contributed by atoms with van der Waals surface area (Å²) in [5, 5.41) is 24.1. The second-order valence-electron chi connectivity index (χ2n) is 18.7. The van der Waals surface area contributed by atoms with Crippen molar-refractivity contribution in [1.29, 1.82) is 5.26 Å². The number of aromatic nitrogens is 1. The molecule has 2 aromatic carbocycles. The maximum Gasteiger partial charge on any atom is 0.344 e. The van der Waals surface area contributed by atoms with Crippen molar-refractivity contribution in [1.82, 2.24) is 14.8 Å². The molecule has 13 nitrogen and oxygen atoms in total. The van der Waals surface area contributed by atoms with Crippen LogP contribution >= 0.6 is 0 Å². The summed E-state index contributed by atoms with van der Waals surface area (Å²) in [5.74, 6) is -6.19. The van der Waals surface area contributed by atoms with Gasteiger partial charge in [0.1, 0.15) is 11.2 Å². The number of esters is 3. The van der Waals surface area contributed by atoms with E-state index in [-0.39, 0.29) is 25.3 Å². The molecular weight excluding hydrogens is 801 g/mol. The number of ether oxygens (including phenoxy) is 4. The molecule has 1 saturated carbocycles. The minimum Gasteiger partial charge on any atom is -0.496 e. The van der Waals surface area contributed by atoms with Gasteiger partial charge in [0.2, 0.25) is 11.5 Å². The zero-order valence-corrected chi connectivity index (χ0v) is 36.3. The first kappa shape index (κ1) is 42.3. The van der Waals surface area contributed by atoms with Gasteiger partial charge in [-0.15, -0.1) is 0 Å². The fraction of sp³-hybridized carbons (Fsp3) is 0.574. The van der Waals surface area contributed by atoms with Crippen LogP contribution in [-0.4, -0.2) is 129 Å². The van der Waals surface area contributed by atoms with Gasteiger partial charge in [-0.3, -0.25) is 14.5 Å². The highest BCUT2D eigenvalue weighted by Crippen LogP contribution is 2.68. The molecule has 330 valence electrons. The second kappa shape index (κ2) is 14.5. The Morgan fingerprint density at radius 1 is 1.05 bits per heavy atom. The predicted octanol–water partition coefficient (Wildman–Crippen LogP) is 4.99. The smallest absolute Gasteiger partial charge is 0.344 e. The first-order valence-corrected chi connectivity index (χ1v) is 21.6. The van der Waals surface area contributed by atoms with E-state index >= 15 is 13.6 Å². The summed E-state index contributed by atoms with van der Waals surface area (Å²) >= 11 is 0. The molecule has 10 atom stereocenters. The number of piperidine rings is 1. The molecule has 9 rings (SSSR count). The van der Waals surface area contributed by atoms with E-state index in [4.69, 9.17) is 18.9 Å². The van der Waals surface area contributed by atoms with Crippen molar-refractivity contribution in [3.8, 4) is 11.8 Å². The predicted molar refractivity (Wildman–Crippen MR) is 224 cm³/mol. The lowest BCUT2D eigenvalue weighted by molar-refractivity contribution is -0.228. The number of hydrogen-bond donors (Lipinski definition) is 2. The summed E-state index contributed by atoms with van der Waals surface area (Å²) < 4.78 is 54.5. The van der Waals surface area contributed by atoms with Gasteiger partial charge in [-0.05, 0) is 86.9 Å². The third-order valence-electron chi connectivity index (χ3n) is 15.8. The van der Waals surface area contributed by atoms with Gasteiger partial charge in [-0.1, -0.05) is 19.1 Å². The zero-order valence-electron chi connectivity index (χ0n) is 36.3. The van der Waals surface area contributed by atoms with Gasteiger partial charge in [-0.25, -0.2) is 13.6 Å². The molecule has 1 unspecified atom stereocenters. The fourth-order valence-corrected chi connectivity index (χ4v) is 13.5. The van der Waals surface area contributed by atoms with E-state index in [1.165, 1.54) is 28.3 Å². The van der Waals surface area contributed by atoms with Crippen molar-refractivity contribution < 1.29 is 47.2 Å². The Balaban J connectivity index is 1.37. The number of nitriles is 1. The number of alkyl halides is 2. The van der Waals surface area contributed by atoms with Gasteiger partial charge in [0, 0.05) is 96.9 Å². The average molecular weight is 856 g/mol. The number of rotatable bonds is 7. The number of carbonyl (C=O) groups excluding carboxylic acids is 3. The molecule has 1 aromatic heterocycles. The van der Waals surface area contributed by atoms with Crippen molar-refractivity contribution in [2.24, 2.45) is 17.3 Å². The molecule has 3 fully saturated rings. The number of nitrogens with one attached hydrogen (secondary N) is 1. The van der Waals surface area contributed by atoms with Crippen molar-refractivity contribution in [2.75, 3.05) is 66.0 Å². The standard InChI is InChI=1S/C47H55F2N5O8/c1-8-44-13-9-15-54-17-14-45(38(44)54)32-20-33(36(59-5)21-35(32)52(4)39(45)47(58,42(57)61-7)40(44)62-26(2)55)46(41(56)60-6)22-28-18-29(43(3,48)49)25-53(24-28)16-12-30-31-19-27(23-50)10-11-34(31)51-37(30)46/h9-11,13,19-21,28-29,38-40,51,58H,8,12,14-18,22,24-25H2,1-7H3/t28-,29-,38+,39-,40-,44-,45-,46+,47+/m1/s1. The highest BCUT2D eigenvalue weighted by molar-refractivity contribution is 5.95. The van der Waals surface area contributed by atoms with Crippen molar-refractivity contribution in [3.05, 3.63) is 70.4 Å². The second-order valence-corrected chi connectivity index (χ2v) is 18.7. The van der Waals surface area contributed by atoms with Crippen molar-refractivity contribution >= 4 is 34.5 Å². The van der Waals surface area contributed by atoms with Crippen molar-refractivity contribution in [3.63, 3.8) is 0 Å². The molecule has 3 aromatic rings. The maximum absolute atomic E-state index is 15.4. The number of likely N-dealkylation sites (N-methyl/N-ethyl adjacent to an activating group) is 1. The van der Waals surface area contributed by atoms with Crippen molar-refractivity contribution in [2.45, 2.75) is 93.4 Å². The Hall–Kier alpha value is -5.04. The van der Waals surface area contributed by atoms with Gasteiger partial charge in [0.25, 0.3) is 0 Å². The molecule has 1 spiro atoms. The average Bonchev–Trinajstić information content (AvgIpc) is 3.91. The first-order valence-electron chi connectivity index (χ1n) is 21.6. The van der Waals surface area contributed by atoms with Crippen LogP contribution in [0.25, 0.3) is 10.9 Å². The van der Waals surface area contributed by atoms with Gasteiger partial charge < -0.3 is 38.8 Å². The number of anilines is 1. The molecule has 6 heterocycles. The molecular formula is C47H55F2N5O8. The monoisotopic (exact) mass is 855 g/mol. The van der Waals surface area contributed by atoms with Gasteiger partial charge in [0.15, 0.2) is 6.10 Å². The lowest BCUT2D eigenvalue weighted by Gasteiger charge is -2.63. The van der Waals surface area contributed by atoms with Crippen LogP contribution in [0.1, 0.15) is 74.4 Å². The topological polar surface area (TPSA) is 158 Å². The minimum absolute atomic E-state index is 0.0902. The van der Waals surface area contributed by atoms with E-state index in [2.05, 4.69) is 20.9 Å². The molecule has 15 heteroatoms. The largest absolute Gasteiger partial charge is 0.496 e. The van der Waals surface area contributed by atoms with Crippen LogP contribution < -0.4 is 9.64 Å². The van der Waals surface area contributed by atoms with Crippen LogP contribution in [0.3, 0.4) is 0 Å². The number of aliphatic hydroxyl groups is 1. The van der Waals surface area contributed by atoms with Crippen LogP contribution in [0.4, 0.5) is 14.5 Å². The van der Waals surface area contributed by atoms with Crippen LogP contribution in [0.5, 0.6) is 5.75 Å². The fourth-order valence-electron chi connectivity index (χ4n) is 13.5. The molecule has 62 heavy (non-hydrogen) atoms. The summed E-state index contributed by atoms with van der Waals surface area (Å²) in [6.45, 7) is 6.51. The van der Waals surface area contributed by atoms with E-state index in [1.54, 1.807) is 19.2 Å². The third kappa shape index (κ3) is 5.54. The molecule has 5 aliphatic heterocycles. The van der Waals surface area contributed by atoms with E-state index in [9.17, 15) is 20.0 Å². The summed E-state index contributed by atoms with van der Waals surface area (Å²) in [4.78, 5) is 52.7. The quantitative estimate of drug-likeness (QED) is 0.187. The highest BCUT2D eigenvalue weighted by Gasteiger charge is 2.80. The van der Waals surface area contributed by atoms with E-state index in [1.807, 2.05) is 42.2 Å². The Morgan fingerprint density at radius 2 is 1.81 bits per heavy atom. The zero-order chi connectivity index (χ0) is 44.3. The number of nitrogens with zero attached hydrogens (tertiary/aromatic N) is 4. The molecule has 2 bridgehead atoms. The number of H-pyrrole nitrogens is 1. The number of aromatic amines is 1. The van der Waals surface area contributed by atoms with E-state index < -0.39 is 69.8 Å². The number of methoxy groups -OCH3 is 3. The number of benzene rings is 2. The highest BCUT2D eigenvalue weighted by atomic mass is 19.3. The summed E-state index contributed by atoms with van der Waals surface area (Å²) in [6, 6.07) is 10.0. The first-order chi connectivity index (χ1) is 29.5. The summed E-state index contributed by atoms with van der Waals surface area (Å²) in [5.41, 5.74) is -1.77. The number of fused-ring (bicyclic) bond motifs is 6. The molecule has 2 saturated heterocycles. The molecule has 6 aliphatic rings. The van der Waals surface area contributed by atoms with E-state index in [0.29, 0.717) is 79.2 Å². The van der Waals surface area contributed by atoms with Crippen LogP contribution in [0, 0.1) is 28.6 Å². The minimum atomic E-state index is -2.97. The Labute approximate surface area is 359 Å².